The van der Waals surface area contributed by atoms with Gasteiger partial charge in [-0.05, 0) is 18.1 Å². The molecule has 0 aliphatic carbocycles. The first-order valence-corrected chi connectivity index (χ1v) is 5.11. The Morgan fingerprint density at radius 3 is 2.53 bits per heavy atom. The van der Waals surface area contributed by atoms with Gasteiger partial charge in [-0.15, -0.1) is 0 Å². The van der Waals surface area contributed by atoms with Gasteiger partial charge in [0.25, 0.3) is 5.91 Å². The van der Waals surface area contributed by atoms with Crippen molar-refractivity contribution in [1.29, 1.82) is 0 Å². The number of hydrogen-bond donors (Lipinski definition) is 1. The lowest BCUT2D eigenvalue weighted by Crippen LogP contribution is -2.37. The molecule has 1 aromatic rings. The number of benzene rings is 1. The summed E-state index contributed by atoms with van der Waals surface area (Å²) >= 11 is 0. The number of aryl methyl sites for hydroxylation is 1. The van der Waals surface area contributed by atoms with Gasteiger partial charge in [-0.1, -0.05) is 32.0 Å². The lowest BCUT2D eigenvalue weighted by molar-refractivity contribution is -0.119. The smallest absolute Gasteiger partial charge is 0.258 e. The van der Waals surface area contributed by atoms with Crippen LogP contribution >= 0.6 is 0 Å². The number of imide groups is 1. The highest BCUT2D eigenvalue weighted by atomic mass is 16.2. The molecule has 0 aromatic heterocycles. The van der Waals surface area contributed by atoms with E-state index in [2.05, 4.69) is 5.32 Å². The summed E-state index contributed by atoms with van der Waals surface area (Å²) in [5, 5.41) is 2.30. The van der Waals surface area contributed by atoms with Crippen LogP contribution in [0.4, 0.5) is 0 Å². The second kappa shape index (κ2) is 4.73. The van der Waals surface area contributed by atoms with Crippen molar-refractivity contribution in [3.63, 3.8) is 0 Å². The van der Waals surface area contributed by atoms with E-state index in [4.69, 9.17) is 0 Å². The molecule has 0 atom stereocenters. The highest BCUT2D eigenvalue weighted by Crippen LogP contribution is 2.17. The molecule has 0 bridgehead atoms. The molecule has 80 valence electrons. The Morgan fingerprint density at radius 1 is 1.20 bits per heavy atom. The first kappa shape index (κ1) is 11.4. The third-order valence-electron chi connectivity index (χ3n) is 2.19. The van der Waals surface area contributed by atoms with Crippen LogP contribution in [0.3, 0.4) is 0 Å². The molecule has 0 saturated carbocycles. The van der Waals surface area contributed by atoms with Crippen LogP contribution < -0.4 is 5.32 Å². The second-order valence-corrected chi connectivity index (χ2v) is 3.16. The van der Waals surface area contributed by atoms with Gasteiger partial charge in [0, 0.05) is 5.56 Å². The monoisotopic (exact) mass is 205 g/mol. The van der Waals surface area contributed by atoms with Gasteiger partial charge < -0.3 is 0 Å². The Hall–Kier alpha value is -1.64. The minimum atomic E-state index is -0.274. The van der Waals surface area contributed by atoms with E-state index >= 15 is 0 Å². The molecule has 3 heteroatoms. The van der Waals surface area contributed by atoms with Crippen molar-refractivity contribution in [3.8, 4) is 0 Å². The van der Waals surface area contributed by atoms with Crippen molar-refractivity contribution < 1.29 is 9.59 Å². The van der Waals surface area contributed by atoms with E-state index in [-0.39, 0.29) is 11.8 Å². The van der Waals surface area contributed by atoms with Crippen LogP contribution in [0.1, 0.15) is 35.3 Å². The summed E-state index contributed by atoms with van der Waals surface area (Å²) in [6.07, 6.45) is 0.308. The molecule has 3 nitrogen and oxygen atoms in total. The van der Waals surface area contributed by atoms with E-state index in [9.17, 15) is 9.59 Å². The molecule has 2 rings (SSSR count). The van der Waals surface area contributed by atoms with Crippen LogP contribution in [-0.4, -0.2) is 11.8 Å². The van der Waals surface area contributed by atoms with Gasteiger partial charge in [-0.2, -0.15) is 0 Å². The number of amides is 2. The standard InChI is InChI=1S/C10H9NO2.C2H6/c1-6-3-2-4-7-5-8(12)11-10(13)9(6)7;1-2/h2-4H,5H2,1H3,(H,11,12,13);1-2H3. The van der Waals surface area contributed by atoms with E-state index < -0.39 is 0 Å². The lowest BCUT2D eigenvalue weighted by atomic mass is 9.96. The predicted octanol–water partition coefficient (Wildman–Crippen LogP) is 1.83. The minimum Gasteiger partial charge on any atom is -0.292 e. The van der Waals surface area contributed by atoms with Crippen molar-refractivity contribution in [3.05, 3.63) is 34.9 Å². The van der Waals surface area contributed by atoms with Gasteiger partial charge in [0.1, 0.15) is 0 Å². The molecule has 1 aliphatic rings. The van der Waals surface area contributed by atoms with Gasteiger partial charge in [-0.3, -0.25) is 14.9 Å². The topological polar surface area (TPSA) is 46.2 Å². The molecule has 1 N–H and O–H groups in total. The predicted molar refractivity (Wildman–Crippen MR) is 58.7 cm³/mol. The third-order valence-corrected chi connectivity index (χ3v) is 2.19. The molecule has 1 aromatic carbocycles. The van der Waals surface area contributed by atoms with E-state index in [0.717, 1.165) is 11.1 Å². The normalized spacial score (nSPS) is 13.5. The Labute approximate surface area is 89.5 Å². The fourth-order valence-corrected chi connectivity index (χ4v) is 1.61. The molecule has 0 saturated heterocycles. The number of rotatable bonds is 0. The first-order chi connectivity index (χ1) is 7.18. The van der Waals surface area contributed by atoms with Crippen LogP contribution in [0.25, 0.3) is 0 Å². The van der Waals surface area contributed by atoms with Gasteiger partial charge in [0.05, 0.1) is 6.42 Å². The van der Waals surface area contributed by atoms with Crippen LogP contribution in [0.5, 0.6) is 0 Å². The van der Waals surface area contributed by atoms with Gasteiger partial charge in [0.2, 0.25) is 5.91 Å². The van der Waals surface area contributed by atoms with Gasteiger partial charge >= 0.3 is 0 Å². The van der Waals surface area contributed by atoms with Gasteiger partial charge in [0.15, 0.2) is 0 Å². The quantitative estimate of drug-likeness (QED) is 0.657. The molecule has 0 spiro atoms. The zero-order valence-electron chi connectivity index (χ0n) is 9.26. The van der Waals surface area contributed by atoms with E-state index in [1.165, 1.54) is 0 Å². The average molecular weight is 205 g/mol. The maximum absolute atomic E-state index is 11.4. The summed E-state index contributed by atoms with van der Waals surface area (Å²) < 4.78 is 0. The maximum Gasteiger partial charge on any atom is 0.258 e. The fraction of sp³-hybridized carbons (Fsp3) is 0.333. The third kappa shape index (κ3) is 2.24. The second-order valence-electron chi connectivity index (χ2n) is 3.16. The molecule has 15 heavy (non-hydrogen) atoms. The van der Waals surface area contributed by atoms with E-state index in [0.29, 0.717) is 12.0 Å². The van der Waals surface area contributed by atoms with Crippen molar-refractivity contribution >= 4 is 11.8 Å². The Balaban J connectivity index is 0.000000531. The number of carbonyl (C=O) groups is 2. The summed E-state index contributed by atoms with van der Waals surface area (Å²) in [5.41, 5.74) is 2.40. The van der Waals surface area contributed by atoms with Crippen LogP contribution in [0.15, 0.2) is 18.2 Å². The highest BCUT2D eigenvalue weighted by molar-refractivity contribution is 6.10. The Kier molecular flexibility index (Phi) is 3.61. The molecular weight excluding hydrogens is 190 g/mol. The summed E-state index contributed by atoms with van der Waals surface area (Å²) in [6, 6.07) is 5.55. The molecule has 0 fully saturated rings. The zero-order chi connectivity index (χ0) is 11.4. The summed E-state index contributed by atoms with van der Waals surface area (Å²) in [6.45, 7) is 5.87. The van der Waals surface area contributed by atoms with E-state index in [1.54, 1.807) is 0 Å². The van der Waals surface area contributed by atoms with Crippen molar-refractivity contribution in [1.82, 2.24) is 5.32 Å². The van der Waals surface area contributed by atoms with Crippen LogP contribution in [0.2, 0.25) is 0 Å². The van der Waals surface area contributed by atoms with E-state index in [1.807, 2.05) is 39.0 Å². The van der Waals surface area contributed by atoms with Crippen molar-refractivity contribution in [2.45, 2.75) is 27.2 Å². The molecule has 0 radical (unpaired) electrons. The number of nitrogens with one attached hydrogen (secondary N) is 1. The lowest BCUT2D eigenvalue weighted by Gasteiger charge is -2.16. The first-order valence-electron chi connectivity index (χ1n) is 5.11. The largest absolute Gasteiger partial charge is 0.292 e. The number of carbonyl (C=O) groups excluding carboxylic acids is 2. The summed E-state index contributed by atoms with van der Waals surface area (Å²) in [5.74, 6) is -0.493. The molecule has 0 unspecified atom stereocenters. The number of fused-ring (bicyclic) bond motifs is 1. The minimum absolute atomic E-state index is 0.219. The number of hydrogen-bond acceptors (Lipinski definition) is 2. The van der Waals surface area contributed by atoms with Crippen molar-refractivity contribution in [2.75, 3.05) is 0 Å². The van der Waals surface area contributed by atoms with Crippen LogP contribution in [-0.2, 0) is 11.2 Å². The maximum atomic E-state index is 11.4. The average Bonchev–Trinajstić information content (AvgIpc) is 2.19. The highest BCUT2D eigenvalue weighted by Gasteiger charge is 2.22. The zero-order valence-corrected chi connectivity index (χ0v) is 9.26. The Bertz CT molecular complexity index is 397. The summed E-state index contributed by atoms with van der Waals surface area (Å²) in [4.78, 5) is 22.4. The molecule has 1 heterocycles. The molecule has 2 amide bonds. The van der Waals surface area contributed by atoms with Crippen LogP contribution in [0, 0.1) is 6.92 Å². The molecule has 1 aliphatic heterocycles. The Morgan fingerprint density at radius 2 is 1.87 bits per heavy atom. The fourth-order valence-electron chi connectivity index (χ4n) is 1.61. The van der Waals surface area contributed by atoms with Gasteiger partial charge in [-0.25, -0.2) is 0 Å². The van der Waals surface area contributed by atoms with Crippen molar-refractivity contribution in [2.24, 2.45) is 0 Å². The summed E-state index contributed by atoms with van der Waals surface area (Å²) in [7, 11) is 0. The molecular formula is C12H15NO2. The SMILES string of the molecule is CC.Cc1cccc2c1C(=O)NC(=O)C2.